The van der Waals surface area contributed by atoms with Crippen molar-refractivity contribution in [2.24, 2.45) is 17.6 Å². The van der Waals surface area contributed by atoms with Crippen LogP contribution < -0.4 is 16.4 Å². The molecule has 20 heteroatoms. The smallest absolute Gasteiger partial charge is 0.307 e. The van der Waals surface area contributed by atoms with Crippen molar-refractivity contribution >= 4 is 81.8 Å². The Labute approximate surface area is 504 Å². The number of carboxylic acid groups (broad SMARTS) is 5. The van der Waals surface area contributed by atoms with Gasteiger partial charge in [-0.05, 0) is 117 Å². The van der Waals surface area contributed by atoms with Crippen LogP contribution in [0.5, 0.6) is 0 Å². The lowest BCUT2D eigenvalue weighted by atomic mass is 9.90. The van der Waals surface area contributed by atoms with E-state index in [2.05, 4.69) is 45.7 Å². The van der Waals surface area contributed by atoms with E-state index in [0.717, 1.165) is 37.6 Å². The summed E-state index contributed by atoms with van der Waals surface area (Å²) in [4.78, 5) is 122. The van der Waals surface area contributed by atoms with E-state index < -0.39 is 90.6 Å². The number of amides is 3. The zero-order chi connectivity index (χ0) is 62.1. The largest absolute Gasteiger partial charge is 0.481 e. The van der Waals surface area contributed by atoms with Gasteiger partial charge >= 0.3 is 29.8 Å². The van der Waals surface area contributed by atoms with Crippen LogP contribution in [0.3, 0.4) is 0 Å². The van der Waals surface area contributed by atoms with Crippen LogP contribution in [0.4, 0.5) is 0 Å². The van der Waals surface area contributed by atoms with Gasteiger partial charge in [0, 0.05) is 54.2 Å². The molecule has 18 nitrogen and oxygen atoms in total. The average Bonchev–Trinajstić information content (AvgIpc) is 3.95. The molecule has 9 N–H and O–H groups in total. The highest BCUT2D eigenvalue weighted by Gasteiger charge is 2.31. The van der Waals surface area contributed by atoms with Gasteiger partial charge in [0.2, 0.25) is 17.7 Å². The number of nitrogens with one attached hydrogen (secondary N) is 2. The van der Waals surface area contributed by atoms with Crippen molar-refractivity contribution in [3.8, 4) is 43.1 Å². The Kier molecular flexibility index (Phi) is 25.4. The molecule has 7 rings (SSSR count). The molecule has 2 heterocycles. The second-order valence-electron chi connectivity index (χ2n) is 20.7. The van der Waals surface area contributed by atoms with Crippen LogP contribution in [0.1, 0.15) is 86.5 Å². The average molecular weight is 1210 g/mol. The maximum Gasteiger partial charge on any atom is 0.307 e. The monoisotopic (exact) mass is 1210 g/mol. The van der Waals surface area contributed by atoms with Gasteiger partial charge in [0.15, 0.2) is 11.6 Å². The molecule has 0 saturated carbocycles. The van der Waals surface area contributed by atoms with E-state index in [9.17, 15) is 58.2 Å². The Hall–Kier alpha value is -9.40. The van der Waals surface area contributed by atoms with Crippen molar-refractivity contribution in [2.45, 2.75) is 102 Å². The quantitative estimate of drug-likeness (QED) is 0.0190. The molecule has 0 radical (unpaired) electrons. The van der Waals surface area contributed by atoms with Gasteiger partial charge in [0.25, 0.3) is 0 Å². The maximum absolute atomic E-state index is 13.3. The lowest BCUT2D eigenvalue weighted by molar-refractivity contribution is -0.141. The molecule has 4 atom stereocenters. The van der Waals surface area contributed by atoms with Crippen LogP contribution in [-0.4, -0.2) is 96.8 Å². The van der Waals surface area contributed by atoms with Crippen LogP contribution in [0.2, 0.25) is 0 Å². The summed E-state index contributed by atoms with van der Waals surface area (Å²) in [6.45, 7) is 0. The van der Waals surface area contributed by atoms with E-state index in [-0.39, 0.29) is 75.9 Å². The summed E-state index contributed by atoms with van der Waals surface area (Å²) in [5.41, 5.74) is 14.8. The molecule has 7 aromatic rings. The number of ketones is 2. The van der Waals surface area contributed by atoms with E-state index >= 15 is 0 Å². The molecule has 0 unspecified atom stereocenters. The molecular formula is C66H67N3O15S2. The first-order valence-corrected chi connectivity index (χ1v) is 29.5. The van der Waals surface area contributed by atoms with Gasteiger partial charge in [0.1, 0.15) is 0 Å². The topological polar surface area (TPSA) is 322 Å². The summed E-state index contributed by atoms with van der Waals surface area (Å²) >= 11 is 3.26. The number of benzene rings is 5. The maximum atomic E-state index is 13.3. The highest BCUT2D eigenvalue weighted by atomic mass is 32.1. The Morgan fingerprint density at radius 3 is 1.41 bits per heavy atom. The molecule has 0 aliphatic heterocycles. The number of hydrogen-bond donors (Lipinski definition) is 8. The number of thiophene rings is 2. The molecule has 86 heavy (non-hydrogen) atoms. The first-order valence-electron chi connectivity index (χ1n) is 27.8. The summed E-state index contributed by atoms with van der Waals surface area (Å²) < 4.78 is 0. The molecule has 3 amide bonds. The highest BCUT2D eigenvalue weighted by Crippen LogP contribution is 2.34. The predicted molar refractivity (Wildman–Crippen MR) is 326 cm³/mol. The van der Waals surface area contributed by atoms with E-state index in [1.165, 1.54) is 11.1 Å². The van der Waals surface area contributed by atoms with Crippen molar-refractivity contribution in [2.75, 3.05) is 0 Å². The van der Waals surface area contributed by atoms with Gasteiger partial charge in [0.05, 0.1) is 30.8 Å². The van der Waals surface area contributed by atoms with Crippen LogP contribution in [0, 0.1) is 11.8 Å². The number of carbonyl (C=O) groups excluding carboxylic acids is 5. The number of rotatable bonds is 33. The molecular weight excluding hydrogens is 1140 g/mol. The molecule has 2 aromatic heterocycles. The summed E-state index contributed by atoms with van der Waals surface area (Å²) in [6.07, 6.45) is -1.57. The lowest BCUT2D eigenvalue weighted by Crippen LogP contribution is -2.46. The van der Waals surface area contributed by atoms with E-state index in [4.69, 9.17) is 21.1 Å². The molecule has 0 spiro atoms. The third-order valence-electron chi connectivity index (χ3n) is 14.0. The van der Waals surface area contributed by atoms with Gasteiger partial charge in [-0.25, -0.2) is 0 Å². The molecule has 0 saturated heterocycles. The van der Waals surface area contributed by atoms with E-state index in [0.29, 0.717) is 23.1 Å². The fourth-order valence-corrected chi connectivity index (χ4v) is 11.3. The minimum absolute atomic E-state index is 0.0186. The number of carbonyl (C=O) groups is 10. The fraction of sp³-hybridized carbons (Fsp3) is 0.273. The van der Waals surface area contributed by atoms with Crippen molar-refractivity contribution in [3.63, 3.8) is 0 Å². The second kappa shape index (κ2) is 33.2. The van der Waals surface area contributed by atoms with Gasteiger partial charge in [-0.3, -0.25) is 47.9 Å². The summed E-state index contributed by atoms with van der Waals surface area (Å²) in [7, 11) is 0. The van der Waals surface area contributed by atoms with Crippen LogP contribution in [0.25, 0.3) is 43.1 Å². The molecule has 0 aliphatic rings. The van der Waals surface area contributed by atoms with E-state index in [1.807, 2.05) is 84.9 Å². The van der Waals surface area contributed by atoms with Crippen LogP contribution in [0.15, 0.2) is 156 Å². The first kappa shape index (κ1) is 65.7. The molecule has 0 bridgehead atoms. The molecule has 0 fully saturated rings. The Bertz CT molecular complexity index is 3470. The predicted octanol–water partition coefficient (Wildman–Crippen LogP) is 10.2. The van der Waals surface area contributed by atoms with Crippen LogP contribution in [-0.2, 0) is 73.6 Å². The lowest BCUT2D eigenvalue weighted by Gasteiger charge is -2.23. The van der Waals surface area contributed by atoms with Crippen molar-refractivity contribution in [1.29, 1.82) is 0 Å². The van der Waals surface area contributed by atoms with Crippen molar-refractivity contribution in [3.05, 3.63) is 179 Å². The molecule has 0 aliphatic carbocycles. The van der Waals surface area contributed by atoms with E-state index in [1.54, 1.807) is 59.1 Å². The summed E-state index contributed by atoms with van der Waals surface area (Å²) in [5, 5.41) is 55.1. The van der Waals surface area contributed by atoms with Crippen molar-refractivity contribution < 1.29 is 73.5 Å². The van der Waals surface area contributed by atoms with Gasteiger partial charge in [-0.15, -0.1) is 22.7 Å². The number of aryl methyl sites for hydroxylation is 1. The normalized spacial score (nSPS) is 12.2. The Balaban J connectivity index is 0.000000276. The number of Topliss-reactive ketones (excluding diaryl/α,β-unsaturated/α-hetero) is 2. The third kappa shape index (κ3) is 22.0. The van der Waals surface area contributed by atoms with Gasteiger partial charge in [-0.2, -0.15) is 0 Å². The highest BCUT2D eigenvalue weighted by molar-refractivity contribution is 7.14. The molecule has 5 aromatic carbocycles. The second-order valence-corrected chi connectivity index (χ2v) is 22.5. The Morgan fingerprint density at radius 1 is 0.419 bits per heavy atom. The fourth-order valence-electron chi connectivity index (χ4n) is 9.49. The first-order chi connectivity index (χ1) is 41.2. The number of hydrogen-bond acceptors (Lipinski definition) is 12. The third-order valence-corrected chi connectivity index (χ3v) is 16.0. The number of carboxylic acids is 5. The summed E-state index contributed by atoms with van der Waals surface area (Å²) in [6, 6.07) is 44.3. The zero-order valence-electron chi connectivity index (χ0n) is 46.9. The van der Waals surface area contributed by atoms with Gasteiger partial charge < -0.3 is 41.9 Å². The standard InChI is InChI=1S/C33H36N2O9S.C33H31NO6S/c34-32(43)23(7-4-8-29(37)38)16-27(36)26(13-14-30(39)40)35-33(44)24(18-31(41)42)15-20-9-11-22(12-10-20)28-17-25(19-45-28)21-5-2-1-3-6-21;35-29(18-23-5-4-6-24(17-23)19-33(39)40)28(14-16-32(37)38)34-31(36)15-11-22-9-12-26(13-10-22)30-20-27(21-41-30)25-7-2-1-3-8-25/h1-3,5-6,9-12,17,19,23-24,26H,4,7-8,13-16,18H2,(H2,34,43)(H,35,44)(H,37,38)(H,39,40)(H,41,42);1-10,12-13,17,20-21,28H,11,14-16,18-19H2,(H,34,36)(H,37,38)(H,39,40)/t23-,24-,26+;28-/m10/s1. The van der Waals surface area contributed by atoms with Gasteiger partial charge in [-0.1, -0.05) is 133 Å². The minimum Gasteiger partial charge on any atom is -0.481 e. The summed E-state index contributed by atoms with van der Waals surface area (Å²) in [5.74, 6) is -10.4. The van der Waals surface area contributed by atoms with Crippen molar-refractivity contribution in [1.82, 2.24) is 10.6 Å². The SMILES string of the molecule is NC(=O)[C@H](CCCC(=O)O)CC(=O)[C@H](CCC(=O)O)NC(=O)[C@@H](CC(=O)O)Cc1ccc(-c2cc(-c3ccccc3)cs2)cc1.O=C(O)CC[C@H](NC(=O)CCc1ccc(-c2cc(-c3ccccc3)cs2)cc1)C(=O)Cc1cccc(CC(=O)O)c1. The Morgan fingerprint density at radius 2 is 0.919 bits per heavy atom. The number of nitrogens with two attached hydrogens (primary N) is 1. The minimum atomic E-state index is -1.30. The number of aliphatic carboxylic acids is 5. The van der Waals surface area contributed by atoms with Crippen LogP contribution >= 0.6 is 22.7 Å². The molecule has 448 valence electrons. The number of primary amides is 1. The zero-order valence-corrected chi connectivity index (χ0v) is 48.6.